The highest BCUT2D eigenvalue weighted by Crippen LogP contribution is 2.31. The monoisotopic (exact) mass is 293 g/mol. The average Bonchev–Trinajstić information content (AvgIpc) is 2.34. The molecule has 1 aromatic carbocycles. The van der Waals surface area contributed by atoms with Crippen molar-refractivity contribution in [2.45, 2.75) is 25.4 Å². The van der Waals surface area contributed by atoms with Gasteiger partial charge < -0.3 is 5.32 Å². The Balaban J connectivity index is 2.46. The van der Waals surface area contributed by atoms with Gasteiger partial charge in [0, 0.05) is 17.5 Å². The molecule has 0 fully saturated rings. The van der Waals surface area contributed by atoms with E-state index in [4.69, 9.17) is 0 Å². The molecular weight excluding hydrogens is 285 g/mol. The van der Waals surface area contributed by atoms with Crippen LogP contribution in [0.5, 0.6) is 0 Å². The summed E-state index contributed by atoms with van der Waals surface area (Å²) in [4.78, 5) is 22.2. The maximum absolute atomic E-state index is 14.0. The number of hydrogen-bond acceptors (Lipinski definition) is 2. The minimum Gasteiger partial charge on any atom is -0.313 e. The van der Waals surface area contributed by atoms with Gasteiger partial charge in [-0.2, -0.15) is 13.2 Å². The minimum atomic E-state index is -5.26. The highest BCUT2D eigenvalue weighted by molar-refractivity contribution is 6.00. The third-order valence-electron chi connectivity index (χ3n) is 2.95. The van der Waals surface area contributed by atoms with Crippen LogP contribution in [0.4, 0.5) is 27.6 Å². The zero-order valence-corrected chi connectivity index (χ0v) is 9.90. The molecule has 0 saturated heterocycles. The Hall–Kier alpha value is -1.99. The molecule has 0 unspecified atom stereocenters. The first-order valence-electron chi connectivity index (χ1n) is 5.64. The van der Waals surface area contributed by atoms with E-state index in [9.17, 15) is 31.5 Å². The number of ketones is 1. The molecule has 1 N–H and O–H groups in total. The highest BCUT2D eigenvalue weighted by Gasteiger charge is 2.40. The maximum atomic E-state index is 14.0. The largest absolute Gasteiger partial charge is 0.471 e. The van der Waals surface area contributed by atoms with E-state index in [1.165, 1.54) is 0 Å². The van der Waals surface area contributed by atoms with Crippen molar-refractivity contribution in [3.63, 3.8) is 0 Å². The molecule has 3 nitrogen and oxygen atoms in total. The molecule has 8 heteroatoms. The molecule has 0 bridgehead atoms. The second-order valence-corrected chi connectivity index (χ2v) is 4.30. The first kappa shape index (κ1) is 14.4. The Morgan fingerprint density at radius 2 is 1.85 bits per heavy atom. The molecule has 0 radical (unpaired) electrons. The van der Waals surface area contributed by atoms with E-state index < -0.39 is 35.2 Å². The lowest BCUT2D eigenvalue weighted by atomic mass is 9.89. The average molecular weight is 293 g/mol. The number of fused-ring (bicyclic) bond motifs is 1. The van der Waals surface area contributed by atoms with Crippen LogP contribution in [0.1, 0.15) is 28.8 Å². The normalized spacial score (nSPS) is 14.9. The van der Waals surface area contributed by atoms with Crippen LogP contribution < -0.4 is 5.32 Å². The van der Waals surface area contributed by atoms with Gasteiger partial charge >= 0.3 is 12.1 Å². The summed E-state index contributed by atoms with van der Waals surface area (Å²) in [5, 5.41) is 1.16. The molecule has 1 aliphatic carbocycles. The Morgan fingerprint density at radius 3 is 2.45 bits per heavy atom. The number of carbonyl (C=O) groups excluding carboxylic acids is 2. The molecule has 20 heavy (non-hydrogen) atoms. The first-order valence-corrected chi connectivity index (χ1v) is 5.64. The third-order valence-corrected chi connectivity index (χ3v) is 2.95. The summed E-state index contributed by atoms with van der Waals surface area (Å²) >= 11 is 0. The lowest BCUT2D eigenvalue weighted by Gasteiger charge is -2.18. The number of rotatable bonds is 1. The van der Waals surface area contributed by atoms with E-state index >= 15 is 0 Å². The van der Waals surface area contributed by atoms with Crippen molar-refractivity contribution in [3.8, 4) is 0 Å². The molecule has 1 aliphatic rings. The zero-order valence-electron chi connectivity index (χ0n) is 9.90. The summed E-state index contributed by atoms with van der Waals surface area (Å²) in [6.07, 6.45) is -4.71. The fourth-order valence-corrected chi connectivity index (χ4v) is 2.01. The molecule has 108 valence electrons. The first-order chi connectivity index (χ1) is 9.21. The molecule has 0 aromatic heterocycles. The van der Waals surface area contributed by atoms with Crippen LogP contribution in [0, 0.1) is 11.6 Å². The summed E-state index contributed by atoms with van der Waals surface area (Å²) in [6.45, 7) is 0. The van der Waals surface area contributed by atoms with E-state index in [0.717, 1.165) is 5.32 Å². The van der Waals surface area contributed by atoms with Crippen LogP contribution in [0.2, 0.25) is 0 Å². The van der Waals surface area contributed by atoms with Gasteiger partial charge in [-0.25, -0.2) is 8.78 Å². The van der Waals surface area contributed by atoms with Crippen molar-refractivity contribution in [2.24, 2.45) is 0 Å². The number of alkyl halides is 3. The third kappa shape index (κ3) is 2.50. The molecule has 0 saturated carbocycles. The van der Waals surface area contributed by atoms with Crippen LogP contribution in [0.15, 0.2) is 6.07 Å². The van der Waals surface area contributed by atoms with Crippen molar-refractivity contribution < 1.29 is 31.5 Å². The predicted molar refractivity (Wildman–Crippen MR) is 58.3 cm³/mol. The van der Waals surface area contributed by atoms with Gasteiger partial charge in [0.05, 0.1) is 0 Å². The number of Topliss-reactive ketones (excluding diaryl/α,β-unsaturated/α-hetero) is 1. The minimum absolute atomic E-state index is 0.0993. The van der Waals surface area contributed by atoms with Gasteiger partial charge in [-0.05, 0) is 18.9 Å². The summed E-state index contributed by atoms with van der Waals surface area (Å²) in [5.41, 5.74) is -1.53. The highest BCUT2D eigenvalue weighted by atomic mass is 19.4. The molecule has 0 aliphatic heterocycles. The molecule has 1 aromatic rings. The van der Waals surface area contributed by atoms with Gasteiger partial charge in [-0.15, -0.1) is 0 Å². The molecule has 0 heterocycles. The van der Waals surface area contributed by atoms with Crippen LogP contribution in [0.3, 0.4) is 0 Å². The maximum Gasteiger partial charge on any atom is 0.471 e. The number of hydrogen-bond donors (Lipinski definition) is 1. The SMILES string of the molecule is O=C1CCCc2c1cc(F)c(NC(=O)C(F)(F)F)c2F. The Labute approximate surface area is 109 Å². The number of halogens is 5. The number of amides is 1. The predicted octanol–water partition coefficient (Wildman–Crippen LogP) is 2.98. The molecule has 0 atom stereocenters. The van der Waals surface area contributed by atoms with Crippen molar-refractivity contribution in [1.29, 1.82) is 0 Å². The van der Waals surface area contributed by atoms with Gasteiger partial charge in [0.1, 0.15) is 11.5 Å². The Kier molecular flexibility index (Phi) is 3.49. The Morgan fingerprint density at radius 1 is 1.20 bits per heavy atom. The second-order valence-electron chi connectivity index (χ2n) is 4.30. The number of nitrogens with one attached hydrogen (secondary N) is 1. The van der Waals surface area contributed by atoms with Gasteiger partial charge in [0.25, 0.3) is 0 Å². The van der Waals surface area contributed by atoms with Crippen molar-refractivity contribution in [3.05, 3.63) is 28.8 Å². The van der Waals surface area contributed by atoms with E-state index in [1.807, 2.05) is 0 Å². The summed E-state index contributed by atoms with van der Waals surface area (Å²) in [5.74, 6) is -5.69. The lowest BCUT2D eigenvalue weighted by Crippen LogP contribution is -2.31. The lowest BCUT2D eigenvalue weighted by molar-refractivity contribution is -0.167. The van der Waals surface area contributed by atoms with Crippen LogP contribution in [-0.4, -0.2) is 17.9 Å². The summed E-state index contributed by atoms with van der Waals surface area (Å²) in [6, 6.07) is 0.659. The fraction of sp³-hybridized carbons (Fsp3) is 0.333. The van der Waals surface area contributed by atoms with Gasteiger partial charge in [0.2, 0.25) is 0 Å². The van der Waals surface area contributed by atoms with Crippen molar-refractivity contribution >= 4 is 17.4 Å². The number of carbonyl (C=O) groups is 2. The van der Waals surface area contributed by atoms with Crippen molar-refractivity contribution in [1.82, 2.24) is 0 Å². The standard InChI is InChI=1S/C12H8F5NO2/c13-7-4-6-5(2-1-3-8(6)19)9(14)10(7)18-11(20)12(15,16)17/h4H,1-3H2,(H,18,20). The smallest absolute Gasteiger partial charge is 0.313 e. The Bertz CT molecular complexity index is 594. The van der Waals surface area contributed by atoms with E-state index in [2.05, 4.69) is 0 Å². The van der Waals surface area contributed by atoms with Crippen molar-refractivity contribution in [2.75, 3.05) is 5.32 Å². The molecular formula is C12H8F5NO2. The van der Waals surface area contributed by atoms with Crippen LogP contribution in [-0.2, 0) is 11.2 Å². The van der Waals surface area contributed by atoms with E-state index in [1.54, 1.807) is 0 Å². The quantitative estimate of drug-likeness (QED) is 0.809. The zero-order chi connectivity index (χ0) is 15.1. The van der Waals surface area contributed by atoms with Crippen LogP contribution >= 0.6 is 0 Å². The molecule has 1 amide bonds. The van der Waals surface area contributed by atoms with Crippen LogP contribution in [0.25, 0.3) is 0 Å². The van der Waals surface area contributed by atoms with Gasteiger partial charge in [-0.3, -0.25) is 9.59 Å². The number of anilines is 1. The molecule has 2 rings (SSSR count). The topological polar surface area (TPSA) is 46.2 Å². The van der Waals surface area contributed by atoms with Gasteiger partial charge in [0.15, 0.2) is 11.6 Å². The molecule has 0 spiro atoms. The van der Waals surface area contributed by atoms with E-state index in [0.29, 0.717) is 12.5 Å². The van der Waals surface area contributed by atoms with E-state index in [-0.39, 0.29) is 24.0 Å². The fourth-order valence-electron chi connectivity index (χ4n) is 2.01. The summed E-state index contributed by atoms with van der Waals surface area (Å²) in [7, 11) is 0. The second kappa shape index (κ2) is 4.84. The number of benzene rings is 1. The summed E-state index contributed by atoms with van der Waals surface area (Å²) < 4.78 is 63.8. The van der Waals surface area contributed by atoms with Gasteiger partial charge in [-0.1, -0.05) is 0 Å².